The zero-order chi connectivity index (χ0) is 21.8. The van der Waals surface area contributed by atoms with Crippen molar-refractivity contribution in [2.24, 2.45) is 0 Å². The zero-order valence-corrected chi connectivity index (χ0v) is 17.1. The Morgan fingerprint density at radius 3 is 2.65 bits per heavy atom. The van der Waals surface area contributed by atoms with Crippen molar-refractivity contribution in [3.63, 3.8) is 0 Å². The van der Waals surface area contributed by atoms with Gasteiger partial charge in [0.2, 0.25) is 6.79 Å². The number of fused-ring (bicyclic) bond motifs is 1. The summed E-state index contributed by atoms with van der Waals surface area (Å²) in [7, 11) is 3.41. The molecule has 0 aliphatic carbocycles. The van der Waals surface area contributed by atoms with Crippen LogP contribution in [0.1, 0.15) is 26.4 Å². The van der Waals surface area contributed by atoms with Gasteiger partial charge in [-0.2, -0.15) is 5.10 Å². The van der Waals surface area contributed by atoms with E-state index in [-0.39, 0.29) is 25.2 Å². The Hall–Kier alpha value is -4.25. The highest BCUT2D eigenvalue weighted by molar-refractivity contribution is 5.94. The zero-order valence-electron chi connectivity index (χ0n) is 17.1. The maximum absolute atomic E-state index is 12.3. The fourth-order valence-corrected chi connectivity index (χ4v) is 2.96. The van der Waals surface area contributed by atoms with Gasteiger partial charge in [-0.05, 0) is 48.5 Å². The number of carbonyl (C=O) groups excluding carboxylic acids is 2. The topological polar surface area (TPSA) is 96.6 Å². The quantitative estimate of drug-likeness (QED) is 0.636. The van der Waals surface area contributed by atoms with Crippen molar-refractivity contribution in [1.82, 2.24) is 20.4 Å². The molecule has 0 saturated carbocycles. The Morgan fingerprint density at radius 1 is 1.10 bits per heavy atom. The van der Waals surface area contributed by atoms with E-state index in [1.54, 1.807) is 44.4 Å². The molecule has 0 bridgehead atoms. The van der Waals surface area contributed by atoms with Crippen molar-refractivity contribution in [3.8, 4) is 34.6 Å². The Balaban J connectivity index is 1.34. The van der Waals surface area contributed by atoms with E-state index in [1.165, 1.54) is 4.90 Å². The Morgan fingerprint density at radius 2 is 1.87 bits per heavy atom. The van der Waals surface area contributed by atoms with Gasteiger partial charge in [0.15, 0.2) is 11.5 Å². The second-order valence-electron chi connectivity index (χ2n) is 7.00. The maximum atomic E-state index is 12.3. The van der Waals surface area contributed by atoms with Gasteiger partial charge in [0, 0.05) is 30.8 Å². The fraction of sp³-hybridized carbons (Fsp3) is 0.174. The molecular formula is C23H20N4O4. The molecule has 1 aliphatic heterocycles. The summed E-state index contributed by atoms with van der Waals surface area (Å²) in [4.78, 5) is 25.7. The van der Waals surface area contributed by atoms with Gasteiger partial charge in [-0.25, -0.2) is 0 Å². The number of nitrogens with zero attached hydrogens (tertiary/aromatic N) is 2. The molecule has 156 valence electrons. The summed E-state index contributed by atoms with van der Waals surface area (Å²) in [5.41, 5.74) is 3.14. The second kappa shape index (κ2) is 8.63. The number of benzene rings is 2. The molecule has 0 unspecified atom stereocenters. The molecule has 0 saturated heterocycles. The van der Waals surface area contributed by atoms with E-state index < -0.39 is 0 Å². The molecule has 3 aromatic rings. The first-order valence-corrected chi connectivity index (χ1v) is 9.55. The lowest BCUT2D eigenvalue weighted by Crippen LogP contribution is -2.23. The number of hydrogen-bond donors (Lipinski definition) is 2. The monoisotopic (exact) mass is 416 g/mol. The smallest absolute Gasteiger partial charge is 0.270 e. The van der Waals surface area contributed by atoms with Crippen molar-refractivity contribution < 1.29 is 19.1 Å². The molecular weight excluding hydrogens is 396 g/mol. The van der Waals surface area contributed by atoms with Crippen LogP contribution in [0.4, 0.5) is 0 Å². The summed E-state index contributed by atoms with van der Waals surface area (Å²) in [6, 6.07) is 14.2. The summed E-state index contributed by atoms with van der Waals surface area (Å²) in [5.74, 6) is 6.83. The number of aromatic nitrogens is 2. The molecule has 1 aromatic heterocycles. The number of amides is 2. The van der Waals surface area contributed by atoms with Crippen molar-refractivity contribution in [2.75, 3.05) is 27.4 Å². The van der Waals surface area contributed by atoms with Crippen LogP contribution in [0.25, 0.3) is 11.3 Å². The van der Waals surface area contributed by atoms with Crippen LogP contribution >= 0.6 is 0 Å². The summed E-state index contributed by atoms with van der Waals surface area (Å²) < 4.78 is 10.7. The predicted molar refractivity (Wildman–Crippen MR) is 114 cm³/mol. The third kappa shape index (κ3) is 4.51. The fourth-order valence-electron chi connectivity index (χ4n) is 2.96. The maximum Gasteiger partial charge on any atom is 0.270 e. The highest BCUT2D eigenvalue weighted by Gasteiger charge is 2.16. The third-order valence-corrected chi connectivity index (χ3v) is 4.60. The molecule has 0 radical (unpaired) electrons. The molecule has 2 aromatic carbocycles. The number of H-pyrrole nitrogens is 1. The van der Waals surface area contributed by atoms with Crippen LogP contribution in [-0.2, 0) is 0 Å². The summed E-state index contributed by atoms with van der Waals surface area (Å²) >= 11 is 0. The molecule has 8 nitrogen and oxygen atoms in total. The average molecular weight is 416 g/mol. The van der Waals surface area contributed by atoms with E-state index in [9.17, 15) is 9.59 Å². The number of nitrogens with one attached hydrogen (secondary N) is 2. The van der Waals surface area contributed by atoms with E-state index in [1.807, 2.05) is 18.2 Å². The highest BCUT2D eigenvalue weighted by atomic mass is 16.7. The first kappa shape index (κ1) is 20.0. The van der Waals surface area contributed by atoms with Crippen LogP contribution < -0.4 is 14.8 Å². The van der Waals surface area contributed by atoms with E-state index in [2.05, 4.69) is 27.4 Å². The van der Waals surface area contributed by atoms with Gasteiger partial charge in [0.1, 0.15) is 5.69 Å². The molecule has 0 fully saturated rings. The van der Waals surface area contributed by atoms with Gasteiger partial charge in [0.25, 0.3) is 11.8 Å². The minimum atomic E-state index is -0.305. The van der Waals surface area contributed by atoms with Crippen molar-refractivity contribution >= 4 is 11.8 Å². The number of aromatic amines is 1. The van der Waals surface area contributed by atoms with E-state index in [4.69, 9.17) is 9.47 Å². The summed E-state index contributed by atoms with van der Waals surface area (Å²) in [6.45, 7) is 0.377. The number of ether oxygens (including phenoxy) is 2. The Bertz CT molecular complexity index is 1190. The largest absolute Gasteiger partial charge is 0.454 e. The van der Waals surface area contributed by atoms with Crippen LogP contribution in [0.3, 0.4) is 0 Å². The van der Waals surface area contributed by atoms with Crippen molar-refractivity contribution in [3.05, 3.63) is 65.4 Å². The standard InChI is InChI=1S/C23H20N4O4/c1-27(2)23(29)16-7-5-15(6-8-16)4-3-11-24-22(28)19-13-18(25-26-19)17-9-10-20-21(12-17)31-14-30-20/h5-10,12-13H,11,14H2,1-2H3,(H,24,28)(H,25,26). The lowest BCUT2D eigenvalue weighted by molar-refractivity contribution is 0.0827. The normalized spacial score (nSPS) is 11.4. The van der Waals surface area contributed by atoms with Gasteiger partial charge < -0.3 is 19.7 Å². The predicted octanol–water partition coefficient (Wildman–Crippen LogP) is 2.29. The molecule has 1 aliphatic rings. The molecule has 0 spiro atoms. The van der Waals surface area contributed by atoms with E-state index in [0.717, 1.165) is 11.1 Å². The molecule has 2 heterocycles. The molecule has 4 rings (SSSR count). The van der Waals surface area contributed by atoms with Crippen LogP contribution in [0, 0.1) is 11.8 Å². The summed E-state index contributed by atoms with van der Waals surface area (Å²) in [6.07, 6.45) is 0. The van der Waals surface area contributed by atoms with Gasteiger partial charge in [-0.1, -0.05) is 11.8 Å². The van der Waals surface area contributed by atoms with Crippen LogP contribution in [-0.4, -0.2) is 54.3 Å². The molecule has 2 amide bonds. The molecule has 31 heavy (non-hydrogen) atoms. The Kier molecular flexibility index (Phi) is 5.58. The van der Waals surface area contributed by atoms with E-state index in [0.29, 0.717) is 28.5 Å². The number of rotatable bonds is 4. The molecule has 0 atom stereocenters. The second-order valence-corrected chi connectivity index (χ2v) is 7.00. The van der Waals surface area contributed by atoms with Crippen LogP contribution in [0.15, 0.2) is 48.5 Å². The van der Waals surface area contributed by atoms with Crippen molar-refractivity contribution in [2.45, 2.75) is 0 Å². The first-order chi connectivity index (χ1) is 15.0. The van der Waals surface area contributed by atoms with Crippen LogP contribution in [0.2, 0.25) is 0 Å². The van der Waals surface area contributed by atoms with Crippen LogP contribution in [0.5, 0.6) is 11.5 Å². The lowest BCUT2D eigenvalue weighted by atomic mass is 10.1. The van der Waals surface area contributed by atoms with Gasteiger partial charge >= 0.3 is 0 Å². The first-order valence-electron chi connectivity index (χ1n) is 9.55. The molecule has 8 heteroatoms. The molecule has 2 N–H and O–H groups in total. The minimum Gasteiger partial charge on any atom is -0.454 e. The van der Waals surface area contributed by atoms with Crippen molar-refractivity contribution in [1.29, 1.82) is 0 Å². The van der Waals surface area contributed by atoms with Gasteiger partial charge in [0.05, 0.1) is 12.2 Å². The van der Waals surface area contributed by atoms with Gasteiger partial charge in [-0.15, -0.1) is 0 Å². The third-order valence-electron chi connectivity index (χ3n) is 4.60. The Labute approximate surface area is 179 Å². The average Bonchev–Trinajstić information content (AvgIpc) is 3.45. The van der Waals surface area contributed by atoms with Gasteiger partial charge in [-0.3, -0.25) is 14.7 Å². The SMILES string of the molecule is CN(C)C(=O)c1ccc(C#CCNC(=O)c2cc(-c3ccc4c(c3)OCO4)n[nH]2)cc1. The minimum absolute atomic E-state index is 0.0635. The number of carbonyl (C=O) groups is 2. The lowest BCUT2D eigenvalue weighted by Gasteiger charge is -2.09. The number of hydrogen-bond acceptors (Lipinski definition) is 5. The summed E-state index contributed by atoms with van der Waals surface area (Å²) in [5, 5.41) is 9.66. The van der Waals surface area contributed by atoms with E-state index >= 15 is 0 Å². The highest BCUT2D eigenvalue weighted by Crippen LogP contribution is 2.35.